The molecule has 1 aliphatic heterocycles. The first-order valence-electron chi connectivity index (χ1n) is 8.83. The Labute approximate surface area is 156 Å². The van der Waals surface area contributed by atoms with Crippen LogP contribution in [0.5, 0.6) is 0 Å². The van der Waals surface area contributed by atoms with Gasteiger partial charge in [-0.15, -0.1) is 0 Å². The number of aryl methyl sites for hydroxylation is 1. The molecule has 142 valence electrons. The molecule has 27 heavy (non-hydrogen) atoms. The van der Waals surface area contributed by atoms with E-state index in [1.54, 1.807) is 0 Å². The number of benzene rings is 2. The molecule has 0 radical (unpaired) electrons. The standard InChI is InChI=1S/C20H21F2N3O2/c1-13-10-15(25-8-2-3-9-25)5-7-18(13)24-19(26)12-23-20(27)16-6-4-14(21)11-17(16)22/h4-7,10-11H,2-3,8-9,12H2,1H3,(H,23,27)(H,24,26). The lowest BCUT2D eigenvalue weighted by atomic mass is 10.1. The monoisotopic (exact) mass is 373 g/mol. The summed E-state index contributed by atoms with van der Waals surface area (Å²) in [5.74, 6) is -2.94. The molecule has 0 aromatic heterocycles. The maximum atomic E-state index is 13.6. The zero-order valence-electron chi connectivity index (χ0n) is 15.0. The second-order valence-corrected chi connectivity index (χ2v) is 6.55. The Bertz CT molecular complexity index is 864. The van der Waals surface area contributed by atoms with Gasteiger partial charge in [0.05, 0.1) is 12.1 Å². The average Bonchev–Trinajstić information content (AvgIpc) is 3.16. The molecule has 0 unspecified atom stereocenters. The van der Waals surface area contributed by atoms with E-state index in [0.717, 1.165) is 36.5 Å². The molecule has 0 atom stereocenters. The van der Waals surface area contributed by atoms with E-state index in [9.17, 15) is 18.4 Å². The third-order valence-corrected chi connectivity index (χ3v) is 4.54. The zero-order valence-corrected chi connectivity index (χ0v) is 15.0. The topological polar surface area (TPSA) is 61.4 Å². The van der Waals surface area contributed by atoms with E-state index >= 15 is 0 Å². The molecule has 1 heterocycles. The first kappa shape index (κ1) is 18.8. The SMILES string of the molecule is Cc1cc(N2CCCC2)ccc1NC(=O)CNC(=O)c1ccc(F)cc1F. The molecule has 2 N–H and O–H groups in total. The fourth-order valence-corrected chi connectivity index (χ4v) is 3.08. The van der Waals surface area contributed by atoms with Crippen LogP contribution in [0.3, 0.4) is 0 Å². The van der Waals surface area contributed by atoms with Gasteiger partial charge in [0.25, 0.3) is 5.91 Å². The normalized spacial score (nSPS) is 13.5. The molecule has 1 fully saturated rings. The molecule has 2 aromatic rings. The Balaban J connectivity index is 1.56. The summed E-state index contributed by atoms with van der Waals surface area (Å²) in [4.78, 5) is 26.3. The molecule has 0 bridgehead atoms. The van der Waals surface area contributed by atoms with Crippen LogP contribution in [0, 0.1) is 18.6 Å². The van der Waals surface area contributed by atoms with Crippen molar-refractivity contribution in [3.8, 4) is 0 Å². The molecule has 3 rings (SSSR count). The molecule has 2 aromatic carbocycles. The Hall–Kier alpha value is -2.96. The van der Waals surface area contributed by atoms with E-state index in [2.05, 4.69) is 15.5 Å². The van der Waals surface area contributed by atoms with E-state index in [-0.39, 0.29) is 12.1 Å². The molecular formula is C20H21F2N3O2. The minimum atomic E-state index is -0.971. The highest BCUT2D eigenvalue weighted by Gasteiger charge is 2.15. The molecule has 7 heteroatoms. The van der Waals surface area contributed by atoms with Crippen LogP contribution in [0.1, 0.15) is 28.8 Å². The smallest absolute Gasteiger partial charge is 0.254 e. The number of nitrogens with zero attached hydrogens (tertiary/aromatic N) is 1. The molecule has 0 aliphatic carbocycles. The lowest BCUT2D eigenvalue weighted by Crippen LogP contribution is -2.33. The maximum Gasteiger partial charge on any atom is 0.254 e. The van der Waals surface area contributed by atoms with Gasteiger partial charge in [-0.25, -0.2) is 8.78 Å². The van der Waals surface area contributed by atoms with Crippen molar-refractivity contribution in [3.63, 3.8) is 0 Å². The van der Waals surface area contributed by atoms with Crippen molar-refractivity contribution >= 4 is 23.2 Å². The van der Waals surface area contributed by atoms with Crippen LogP contribution in [0.4, 0.5) is 20.2 Å². The van der Waals surface area contributed by atoms with Crippen LogP contribution in [-0.4, -0.2) is 31.4 Å². The fraction of sp³-hybridized carbons (Fsp3) is 0.300. The summed E-state index contributed by atoms with van der Waals surface area (Å²) >= 11 is 0. The van der Waals surface area contributed by atoms with Crippen molar-refractivity contribution < 1.29 is 18.4 Å². The average molecular weight is 373 g/mol. The summed E-state index contributed by atoms with van der Waals surface area (Å²) in [5.41, 5.74) is 2.40. The van der Waals surface area contributed by atoms with Gasteiger partial charge in [0, 0.05) is 30.5 Å². The summed E-state index contributed by atoms with van der Waals surface area (Å²) in [6, 6.07) is 8.47. The summed E-state index contributed by atoms with van der Waals surface area (Å²) in [6.07, 6.45) is 2.37. The predicted molar refractivity (Wildman–Crippen MR) is 99.9 cm³/mol. The number of carbonyl (C=O) groups is 2. The number of hydrogen-bond donors (Lipinski definition) is 2. The van der Waals surface area contributed by atoms with Gasteiger partial charge in [0.2, 0.25) is 5.91 Å². The summed E-state index contributed by atoms with van der Waals surface area (Å²) in [7, 11) is 0. The van der Waals surface area contributed by atoms with Crippen LogP contribution < -0.4 is 15.5 Å². The summed E-state index contributed by atoms with van der Waals surface area (Å²) in [5, 5.41) is 5.07. The van der Waals surface area contributed by atoms with Crippen molar-refractivity contribution in [3.05, 3.63) is 59.2 Å². The molecule has 5 nitrogen and oxygen atoms in total. The van der Waals surface area contributed by atoms with Crippen LogP contribution in [0.2, 0.25) is 0 Å². The number of amides is 2. The minimum Gasteiger partial charge on any atom is -0.372 e. The Morgan fingerprint density at radius 1 is 1.07 bits per heavy atom. The van der Waals surface area contributed by atoms with Crippen molar-refractivity contribution in [2.75, 3.05) is 29.9 Å². The molecular weight excluding hydrogens is 352 g/mol. The molecule has 2 amide bonds. The first-order chi connectivity index (χ1) is 12.9. The lowest BCUT2D eigenvalue weighted by molar-refractivity contribution is -0.115. The number of anilines is 2. The quantitative estimate of drug-likeness (QED) is 0.846. The Morgan fingerprint density at radius 2 is 1.81 bits per heavy atom. The van der Waals surface area contributed by atoms with Crippen LogP contribution in [-0.2, 0) is 4.79 Å². The number of hydrogen-bond acceptors (Lipinski definition) is 3. The highest BCUT2D eigenvalue weighted by molar-refractivity contribution is 5.99. The van der Waals surface area contributed by atoms with E-state index in [0.29, 0.717) is 11.8 Å². The second-order valence-electron chi connectivity index (χ2n) is 6.55. The molecule has 1 saturated heterocycles. The molecule has 0 saturated carbocycles. The van der Waals surface area contributed by atoms with Crippen LogP contribution in [0.25, 0.3) is 0 Å². The third-order valence-electron chi connectivity index (χ3n) is 4.54. The van der Waals surface area contributed by atoms with Gasteiger partial charge in [-0.3, -0.25) is 9.59 Å². The lowest BCUT2D eigenvalue weighted by Gasteiger charge is -2.19. The summed E-state index contributed by atoms with van der Waals surface area (Å²) in [6.45, 7) is 3.67. The van der Waals surface area contributed by atoms with E-state index in [1.165, 1.54) is 12.8 Å². The van der Waals surface area contributed by atoms with Crippen molar-refractivity contribution in [2.45, 2.75) is 19.8 Å². The van der Waals surface area contributed by atoms with E-state index in [1.807, 2.05) is 25.1 Å². The number of halogens is 2. The third kappa shape index (κ3) is 4.61. The summed E-state index contributed by atoms with van der Waals surface area (Å²) < 4.78 is 26.5. The van der Waals surface area contributed by atoms with E-state index < -0.39 is 23.4 Å². The highest BCUT2D eigenvalue weighted by atomic mass is 19.1. The van der Waals surface area contributed by atoms with Crippen molar-refractivity contribution in [1.82, 2.24) is 5.32 Å². The number of rotatable bonds is 5. The van der Waals surface area contributed by atoms with Gasteiger partial charge in [-0.2, -0.15) is 0 Å². The van der Waals surface area contributed by atoms with Crippen LogP contribution in [0.15, 0.2) is 36.4 Å². The van der Waals surface area contributed by atoms with Gasteiger partial charge in [0.1, 0.15) is 11.6 Å². The first-order valence-corrected chi connectivity index (χ1v) is 8.83. The zero-order chi connectivity index (χ0) is 19.4. The van der Waals surface area contributed by atoms with Gasteiger partial charge in [0.15, 0.2) is 0 Å². The predicted octanol–water partition coefficient (Wildman–Crippen LogP) is 3.24. The van der Waals surface area contributed by atoms with Crippen LogP contribution >= 0.6 is 0 Å². The van der Waals surface area contributed by atoms with Crippen molar-refractivity contribution in [1.29, 1.82) is 0 Å². The largest absolute Gasteiger partial charge is 0.372 e. The highest BCUT2D eigenvalue weighted by Crippen LogP contribution is 2.25. The number of nitrogens with one attached hydrogen (secondary N) is 2. The Morgan fingerprint density at radius 3 is 2.48 bits per heavy atom. The van der Waals surface area contributed by atoms with Gasteiger partial charge < -0.3 is 15.5 Å². The Kier molecular flexibility index (Phi) is 5.69. The van der Waals surface area contributed by atoms with Gasteiger partial charge in [-0.05, 0) is 55.7 Å². The maximum absolute atomic E-state index is 13.6. The van der Waals surface area contributed by atoms with E-state index in [4.69, 9.17) is 0 Å². The van der Waals surface area contributed by atoms with Gasteiger partial charge >= 0.3 is 0 Å². The minimum absolute atomic E-state index is 0.310. The fourth-order valence-electron chi connectivity index (χ4n) is 3.08. The molecule has 0 spiro atoms. The van der Waals surface area contributed by atoms with Crippen molar-refractivity contribution in [2.24, 2.45) is 0 Å². The molecule has 1 aliphatic rings. The van der Waals surface area contributed by atoms with Gasteiger partial charge in [-0.1, -0.05) is 0 Å². The number of carbonyl (C=O) groups excluding carboxylic acids is 2. The second kappa shape index (κ2) is 8.16.